The van der Waals surface area contributed by atoms with Crippen LogP contribution in [-0.4, -0.2) is 68.1 Å². The van der Waals surface area contributed by atoms with Gasteiger partial charge in [-0.3, -0.25) is 0 Å². The van der Waals surface area contributed by atoms with E-state index in [1.54, 1.807) is 14.2 Å². The van der Waals surface area contributed by atoms with Crippen LogP contribution in [0.15, 0.2) is 0 Å². The number of ether oxygens (including phenoxy) is 2. The molecule has 7 heteroatoms. The SMILES string of the molecule is COCCCN(C)C(=O)NC1(C(=O)O)CCOC1. The van der Waals surface area contributed by atoms with Crippen molar-refractivity contribution in [3.05, 3.63) is 0 Å². The lowest BCUT2D eigenvalue weighted by Gasteiger charge is -2.27. The number of methoxy groups -OCH3 is 1. The zero-order valence-electron chi connectivity index (χ0n) is 10.8. The fourth-order valence-electron chi connectivity index (χ4n) is 1.73. The van der Waals surface area contributed by atoms with Gasteiger partial charge in [0.1, 0.15) is 0 Å². The van der Waals surface area contributed by atoms with Crippen molar-refractivity contribution in [2.24, 2.45) is 0 Å². The molecule has 2 N–H and O–H groups in total. The number of nitrogens with one attached hydrogen (secondary N) is 1. The Morgan fingerprint density at radius 1 is 1.56 bits per heavy atom. The summed E-state index contributed by atoms with van der Waals surface area (Å²) in [6, 6.07) is -0.404. The zero-order valence-corrected chi connectivity index (χ0v) is 10.8. The van der Waals surface area contributed by atoms with E-state index in [9.17, 15) is 14.7 Å². The Labute approximate surface area is 106 Å². The van der Waals surface area contributed by atoms with Crippen LogP contribution in [0.4, 0.5) is 4.79 Å². The van der Waals surface area contributed by atoms with Gasteiger partial charge in [0.15, 0.2) is 5.54 Å². The summed E-state index contributed by atoms with van der Waals surface area (Å²) < 4.78 is 9.96. The lowest BCUT2D eigenvalue weighted by molar-refractivity contribution is -0.144. The van der Waals surface area contributed by atoms with Gasteiger partial charge in [-0.1, -0.05) is 0 Å². The summed E-state index contributed by atoms with van der Waals surface area (Å²) in [5.41, 5.74) is -1.29. The Hall–Kier alpha value is -1.34. The molecular formula is C11H20N2O5. The lowest BCUT2D eigenvalue weighted by atomic mass is 9.99. The van der Waals surface area contributed by atoms with Crippen LogP contribution < -0.4 is 5.32 Å². The first-order valence-electron chi connectivity index (χ1n) is 5.85. The molecule has 0 aromatic heterocycles. The molecule has 104 valence electrons. The van der Waals surface area contributed by atoms with Crippen molar-refractivity contribution in [2.45, 2.75) is 18.4 Å². The number of carbonyl (C=O) groups excluding carboxylic acids is 1. The topological polar surface area (TPSA) is 88.1 Å². The van der Waals surface area contributed by atoms with E-state index >= 15 is 0 Å². The molecule has 1 aliphatic heterocycles. The first kappa shape index (κ1) is 14.7. The zero-order chi connectivity index (χ0) is 13.6. The van der Waals surface area contributed by atoms with Crippen molar-refractivity contribution in [2.75, 3.05) is 40.5 Å². The molecule has 0 spiro atoms. The average Bonchev–Trinajstić information content (AvgIpc) is 2.79. The third-order valence-electron chi connectivity index (χ3n) is 2.97. The Morgan fingerprint density at radius 2 is 2.28 bits per heavy atom. The van der Waals surface area contributed by atoms with Crippen molar-refractivity contribution >= 4 is 12.0 Å². The van der Waals surface area contributed by atoms with E-state index in [1.165, 1.54) is 4.90 Å². The van der Waals surface area contributed by atoms with Crippen LogP contribution in [0.3, 0.4) is 0 Å². The minimum atomic E-state index is -1.29. The van der Waals surface area contributed by atoms with Crippen LogP contribution in [0.5, 0.6) is 0 Å². The minimum absolute atomic E-state index is 0.0139. The first-order chi connectivity index (χ1) is 8.52. The van der Waals surface area contributed by atoms with Crippen LogP contribution in [0, 0.1) is 0 Å². The summed E-state index contributed by atoms with van der Waals surface area (Å²) in [5.74, 6) is -1.06. The van der Waals surface area contributed by atoms with E-state index in [-0.39, 0.29) is 6.61 Å². The van der Waals surface area contributed by atoms with Crippen molar-refractivity contribution in [3.63, 3.8) is 0 Å². The highest BCUT2D eigenvalue weighted by atomic mass is 16.5. The molecule has 1 unspecified atom stereocenters. The van der Waals surface area contributed by atoms with Gasteiger partial charge in [-0.15, -0.1) is 0 Å². The second kappa shape index (κ2) is 6.55. The molecule has 1 atom stereocenters. The van der Waals surface area contributed by atoms with Crippen LogP contribution in [-0.2, 0) is 14.3 Å². The fraction of sp³-hybridized carbons (Fsp3) is 0.818. The molecule has 1 saturated heterocycles. The molecule has 1 rings (SSSR count). The number of nitrogens with zero attached hydrogens (tertiary/aromatic N) is 1. The highest BCUT2D eigenvalue weighted by Crippen LogP contribution is 2.19. The summed E-state index contributed by atoms with van der Waals surface area (Å²) in [4.78, 5) is 24.5. The number of urea groups is 1. The van der Waals surface area contributed by atoms with Gasteiger partial charge in [-0.2, -0.15) is 0 Å². The molecule has 7 nitrogen and oxygen atoms in total. The smallest absolute Gasteiger partial charge is 0.332 e. The van der Waals surface area contributed by atoms with Gasteiger partial charge in [0.05, 0.1) is 6.61 Å². The standard InChI is InChI=1S/C11H20N2O5/c1-13(5-3-6-17-2)10(16)12-11(9(14)15)4-7-18-8-11/h3-8H2,1-2H3,(H,12,16)(H,14,15). The van der Waals surface area contributed by atoms with E-state index in [4.69, 9.17) is 9.47 Å². The predicted octanol–water partition coefficient (Wildman–Crippen LogP) is -0.0920. The quantitative estimate of drug-likeness (QED) is 0.651. The number of carbonyl (C=O) groups is 2. The monoisotopic (exact) mass is 260 g/mol. The summed E-state index contributed by atoms with van der Waals surface area (Å²) in [7, 11) is 3.21. The predicted molar refractivity (Wildman–Crippen MR) is 63.5 cm³/mol. The number of aliphatic carboxylic acids is 1. The average molecular weight is 260 g/mol. The number of carboxylic acid groups (broad SMARTS) is 1. The molecule has 1 heterocycles. The maximum atomic E-state index is 11.9. The molecule has 18 heavy (non-hydrogen) atoms. The van der Waals surface area contributed by atoms with E-state index in [0.29, 0.717) is 32.6 Å². The van der Waals surface area contributed by atoms with E-state index in [0.717, 1.165) is 0 Å². The van der Waals surface area contributed by atoms with Crippen LogP contribution in [0.1, 0.15) is 12.8 Å². The van der Waals surface area contributed by atoms with Gasteiger partial charge in [-0.25, -0.2) is 9.59 Å². The third kappa shape index (κ3) is 3.58. The molecule has 0 saturated carbocycles. The number of hydrogen-bond donors (Lipinski definition) is 2. The lowest BCUT2D eigenvalue weighted by Crippen LogP contribution is -2.58. The molecule has 1 fully saturated rings. The maximum absolute atomic E-state index is 11.9. The normalized spacial score (nSPS) is 22.8. The van der Waals surface area contributed by atoms with Gasteiger partial charge in [-0.05, 0) is 6.42 Å². The van der Waals surface area contributed by atoms with E-state index < -0.39 is 17.5 Å². The Balaban J connectivity index is 2.49. The third-order valence-corrected chi connectivity index (χ3v) is 2.97. The highest BCUT2D eigenvalue weighted by molar-refractivity contribution is 5.86. The maximum Gasteiger partial charge on any atom is 0.332 e. The fourth-order valence-corrected chi connectivity index (χ4v) is 1.73. The highest BCUT2D eigenvalue weighted by Gasteiger charge is 2.44. The number of carboxylic acids is 1. The Kier molecular flexibility index (Phi) is 5.36. The van der Waals surface area contributed by atoms with Gasteiger partial charge >= 0.3 is 12.0 Å². The summed E-state index contributed by atoms with van der Waals surface area (Å²) >= 11 is 0. The van der Waals surface area contributed by atoms with Gasteiger partial charge in [0.2, 0.25) is 0 Å². The van der Waals surface area contributed by atoms with Gasteiger partial charge in [0.25, 0.3) is 0 Å². The van der Waals surface area contributed by atoms with Crippen LogP contribution >= 0.6 is 0 Å². The first-order valence-corrected chi connectivity index (χ1v) is 5.85. The number of rotatable bonds is 6. The second-order valence-electron chi connectivity index (χ2n) is 4.39. The van der Waals surface area contributed by atoms with Crippen molar-refractivity contribution in [1.82, 2.24) is 10.2 Å². The van der Waals surface area contributed by atoms with Crippen LogP contribution in [0.25, 0.3) is 0 Å². The molecule has 0 radical (unpaired) electrons. The van der Waals surface area contributed by atoms with Crippen LogP contribution in [0.2, 0.25) is 0 Å². The molecule has 1 aliphatic rings. The summed E-state index contributed by atoms with van der Waals surface area (Å²) in [6.07, 6.45) is 0.997. The van der Waals surface area contributed by atoms with E-state index in [1.807, 2.05) is 0 Å². The van der Waals surface area contributed by atoms with Gasteiger partial charge < -0.3 is 24.8 Å². The van der Waals surface area contributed by atoms with Crippen molar-refractivity contribution in [1.29, 1.82) is 0 Å². The van der Waals surface area contributed by atoms with Crippen molar-refractivity contribution in [3.8, 4) is 0 Å². The molecule has 0 aromatic rings. The molecular weight excluding hydrogens is 240 g/mol. The minimum Gasteiger partial charge on any atom is -0.479 e. The summed E-state index contributed by atoms with van der Waals surface area (Å²) in [6.45, 7) is 1.43. The molecule has 0 aliphatic carbocycles. The molecule has 0 aromatic carbocycles. The Morgan fingerprint density at radius 3 is 2.78 bits per heavy atom. The largest absolute Gasteiger partial charge is 0.479 e. The number of amides is 2. The molecule has 0 bridgehead atoms. The van der Waals surface area contributed by atoms with E-state index in [2.05, 4.69) is 5.32 Å². The van der Waals surface area contributed by atoms with Gasteiger partial charge in [0, 0.05) is 40.3 Å². The molecule has 2 amide bonds. The number of hydrogen-bond acceptors (Lipinski definition) is 4. The summed E-state index contributed by atoms with van der Waals surface area (Å²) in [5, 5.41) is 11.7. The van der Waals surface area contributed by atoms with Crippen molar-refractivity contribution < 1.29 is 24.2 Å². The Bertz CT molecular complexity index is 302. The second-order valence-corrected chi connectivity index (χ2v) is 4.39.